The van der Waals surface area contributed by atoms with Gasteiger partial charge in [0.15, 0.2) is 16.4 Å². The van der Waals surface area contributed by atoms with Gasteiger partial charge in [-0.3, -0.25) is 4.79 Å². The number of amides is 1. The molecule has 1 saturated heterocycles. The van der Waals surface area contributed by atoms with Crippen LogP contribution in [0.5, 0.6) is 5.75 Å². The second kappa shape index (κ2) is 9.09. The van der Waals surface area contributed by atoms with Crippen LogP contribution in [0.2, 0.25) is 0 Å². The number of hydrogen-bond donors (Lipinski definition) is 0. The van der Waals surface area contributed by atoms with Crippen LogP contribution >= 0.6 is 0 Å². The summed E-state index contributed by atoms with van der Waals surface area (Å²) < 4.78 is 33.8. The highest BCUT2D eigenvalue weighted by Crippen LogP contribution is 2.17. The van der Waals surface area contributed by atoms with E-state index in [1.54, 1.807) is 24.3 Å². The van der Waals surface area contributed by atoms with E-state index in [0.29, 0.717) is 24.3 Å². The van der Waals surface area contributed by atoms with Crippen molar-refractivity contribution < 1.29 is 27.5 Å². The van der Waals surface area contributed by atoms with Gasteiger partial charge in [-0.05, 0) is 36.2 Å². The number of hydrogen-bond acceptors (Lipinski definition) is 6. The number of likely N-dealkylation sites (N-methyl/N-ethyl adjacent to an activating group) is 1. The number of carbonyl (C=O) groups is 2. The molecule has 0 saturated carbocycles. The van der Waals surface area contributed by atoms with Gasteiger partial charge in [0.05, 0.1) is 17.1 Å². The molecule has 2 aromatic carbocycles. The monoisotopic (exact) mass is 417 g/mol. The third-order valence-corrected chi connectivity index (χ3v) is 6.56. The molecule has 1 heterocycles. The Morgan fingerprint density at radius 2 is 1.76 bits per heavy atom. The first-order valence-corrected chi connectivity index (χ1v) is 11.1. The molecule has 1 aliphatic heterocycles. The Balaban J connectivity index is 1.47. The Hall–Kier alpha value is -2.87. The Bertz CT molecular complexity index is 956. The lowest BCUT2D eigenvalue weighted by molar-refractivity contribution is -0.134. The van der Waals surface area contributed by atoms with Crippen molar-refractivity contribution in [3.05, 3.63) is 65.7 Å². The lowest BCUT2D eigenvalue weighted by Gasteiger charge is -2.23. The number of esters is 1. The Morgan fingerprint density at radius 1 is 1.07 bits per heavy atom. The summed E-state index contributed by atoms with van der Waals surface area (Å²) in [6, 6.07) is 15.8. The third-order valence-electron chi connectivity index (χ3n) is 4.81. The highest BCUT2D eigenvalue weighted by molar-refractivity contribution is 7.91. The maximum atomic E-state index is 12.2. The smallest absolute Gasteiger partial charge is 0.338 e. The molecule has 0 N–H and O–H groups in total. The van der Waals surface area contributed by atoms with Gasteiger partial charge >= 0.3 is 5.97 Å². The predicted molar refractivity (Wildman–Crippen MR) is 107 cm³/mol. The molecule has 1 atom stereocenters. The van der Waals surface area contributed by atoms with Crippen LogP contribution < -0.4 is 4.74 Å². The van der Waals surface area contributed by atoms with E-state index >= 15 is 0 Å². The van der Waals surface area contributed by atoms with Crippen LogP contribution in [0.3, 0.4) is 0 Å². The van der Waals surface area contributed by atoms with Gasteiger partial charge < -0.3 is 14.4 Å². The summed E-state index contributed by atoms with van der Waals surface area (Å²) in [6.07, 6.45) is 0.406. The molecule has 1 amide bonds. The van der Waals surface area contributed by atoms with Gasteiger partial charge in [-0.2, -0.15) is 0 Å². The lowest BCUT2D eigenvalue weighted by atomic mass is 10.2. The van der Waals surface area contributed by atoms with Crippen LogP contribution in [0.1, 0.15) is 22.3 Å². The fourth-order valence-corrected chi connectivity index (χ4v) is 4.80. The normalized spacial score (nSPS) is 17.5. The van der Waals surface area contributed by atoms with Gasteiger partial charge in [0.1, 0.15) is 12.4 Å². The van der Waals surface area contributed by atoms with Crippen molar-refractivity contribution in [2.45, 2.75) is 19.1 Å². The van der Waals surface area contributed by atoms with E-state index in [1.165, 1.54) is 11.9 Å². The van der Waals surface area contributed by atoms with Crippen molar-refractivity contribution in [1.82, 2.24) is 4.90 Å². The molecule has 3 rings (SSSR count). The van der Waals surface area contributed by atoms with Crippen molar-refractivity contribution in [1.29, 1.82) is 0 Å². The summed E-state index contributed by atoms with van der Waals surface area (Å²) in [4.78, 5) is 25.7. The molecule has 154 valence electrons. The van der Waals surface area contributed by atoms with Crippen LogP contribution in [0.4, 0.5) is 0 Å². The molecular weight excluding hydrogens is 394 g/mol. The van der Waals surface area contributed by atoms with Gasteiger partial charge in [0.2, 0.25) is 0 Å². The minimum Gasteiger partial charge on any atom is -0.489 e. The van der Waals surface area contributed by atoms with Crippen LogP contribution in [-0.4, -0.2) is 56.4 Å². The Kier molecular flexibility index (Phi) is 6.53. The minimum atomic E-state index is -3.09. The number of benzene rings is 2. The molecule has 7 nitrogen and oxygen atoms in total. The molecular formula is C21H23NO6S. The second-order valence-electron chi connectivity index (χ2n) is 6.94. The molecule has 29 heavy (non-hydrogen) atoms. The maximum absolute atomic E-state index is 12.2. The van der Waals surface area contributed by atoms with Crippen LogP contribution in [0, 0.1) is 0 Å². The predicted octanol–water partition coefficient (Wildman–Crippen LogP) is 2.07. The van der Waals surface area contributed by atoms with Crippen LogP contribution in [0.25, 0.3) is 0 Å². The third kappa shape index (κ3) is 5.80. The number of ether oxygens (including phenoxy) is 2. The van der Waals surface area contributed by atoms with Crippen molar-refractivity contribution in [2.75, 3.05) is 25.2 Å². The number of sulfone groups is 1. The molecule has 0 bridgehead atoms. The van der Waals surface area contributed by atoms with E-state index in [1.807, 2.05) is 30.3 Å². The van der Waals surface area contributed by atoms with E-state index in [0.717, 1.165) is 5.56 Å². The fourth-order valence-electron chi connectivity index (χ4n) is 3.03. The summed E-state index contributed by atoms with van der Waals surface area (Å²) in [5, 5.41) is 0. The summed E-state index contributed by atoms with van der Waals surface area (Å²) in [6.45, 7) is -0.0134. The lowest BCUT2D eigenvalue weighted by Crippen LogP contribution is -2.40. The number of nitrogens with zero attached hydrogens (tertiary/aromatic N) is 1. The molecule has 2 aromatic rings. The summed E-state index contributed by atoms with van der Waals surface area (Å²) >= 11 is 0. The Morgan fingerprint density at radius 3 is 2.38 bits per heavy atom. The first-order valence-electron chi connectivity index (χ1n) is 9.24. The SMILES string of the molecule is CN(C(=O)COC(=O)c1ccc(OCc2ccccc2)cc1)[C@@H]1CCS(=O)(=O)C1. The molecule has 0 unspecified atom stereocenters. The van der Waals surface area contributed by atoms with E-state index in [4.69, 9.17) is 9.47 Å². The maximum Gasteiger partial charge on any atom is 0.338 e. The topological polar surface area (TPSA) is 90.0 Å². The molecule has 0 radical (unpaired) electrons. The standard InChI is InChI=1S/C21H23NO6S/c1-22(18-11-12-29(25,26)15-18)20(23)14-28-21(24)17-7-9-19(10-8-17)27-13-16-5-3-2-4-6-16/h2-10,18H,11-15H2,1H3/t18-/m1/s1. The first kappa shape index (κ1) is 20.9. The zero-order valence-corrected chi connectivity index (χ0v) is 16.9. The number of rotatable bonds is 7. The number of carbonyl (C=O) groups excluding carboxylic acids is 2. The zero-order chi connectivity index (χ0) is 20.9. The summed E-state index contributed by atoms with van der Waals surface area (Å²) in [5.74, 6) is -0.409. The summed E-state index contributed by atoms with van der Waals surface area (Å²) in [5.41, 5.74) is 1.34. The second-order valence-corrected chi connectivity index (χ2v) is 9.17. The molecule has 0 spiro atoms. The van der Waals surface area contributed by atoms with E-state index in [-0.39, 0.29) is 17.5 Å². The van der Waals surface area contributed by atoms with Gasteiger partial charge in [0, 0.05) is 13.1 Å². The summed E-state index contributed by atoms with van der Waals surface area (Å²) in [7, 11) is -1.56. The highest BCUT2D eigenvalue weighted by atomic mass is 32.2. The van der Waals surface area contributed by atoms with Crippen molar-refractivity contribution >= 4 is 21.7 Å². The van der Waals surface area contributed by atoms with E-state index in [2.05, 4.69) is 0 Å². The average molecular weight is 417 g/mol. The zero-order valence-electron chi connectivity index (χ0n) is 16.1. The molecule has 8 heteroatoms. The van der Waals surface area contributed by atoms with Crippen molar-refractivity contribution in [2.24, 2.45) is 0 Å². The van der Waals surface area contributed by atoms with Crippen molar-refractivity contribution in [3.63, 3.8) is 0 Å². The van der Waals surface area contributed by atoms with E-state index in [9.17, 15) is 18.0 Å². The molecule has 1 aliphatic rings. The minimum absolute atomic E-state index is 0.0480. The highest BCUT2D eigenvalue weighted by Gasteiger charge is 2.32. The van der Waals surface area contributed by atoms with Crippen LogP contribution in [-0.2, 0) is 26.0 Å². The van der Waals surface area contributed by atoms with Crippen LogP contribution in [0.15, 0.2) is 54.6 Å². The first-order chi connectivity index (χ1) is 13.8. The van der Waals surface area contributed by atoms with Gasteiger partial charge in [-0.25, -0.2) is 13.2 Å². The Labute approximate surface area is 170 Å². The van der Waals surface area contributed by atoms with Gasteiger partial charge in [-0.1, -0.05) is 30.3 Å². The largest absolute Gasteiger partial charge is 0.489 e. The van der Waals surface area contributed by atoms with Gasteiger partial charge in [-0.15, -0.1) is 0 Å². The fraction of sp³-hybridized carbons (Fsp3) is 0.333. The van der Waals surface area contributed by atoms with Gasteiger partial charge in [0.25, 0.3) is 5.91 Å². The quantitative estimate of drug-likeness (QED) is 0.641. The molecule has 0 aromatic heterocycles. The average Bonchev–Trinajstić information content (AvgIpc) is 3.10. The molecule has 0 aliphatic carbocycles. The van der Waals surface area contributed by atoms with E-state index < -0.39 is 28.3 Å². The van der Waals surface area contributed by atoms with Crippen molar-refractivity contribution in [3.8, 4) is 5.75 Å². The molecule has 1 fully saturated rings.